The van der Waals surface area contributed by atoms with Gasteiger partial charge in [0.05, 0.1) is 5.69 Å². The van der Waals surface area contributed by atoms with E-state index in [9.17, 15) is 0 Å². The average Bonchev–Trinajstić information content (AvgIpc) is 2.09. The predicted octanol–water partition coefficient (Wildman–Crippen LogP) is 1.85. The van der Waals surface area contributed by atoms with E-state index in [1.807, 2.05) is 37.3 Å². The van der Waals surface area contributed by atoms with E-state index in [2.05, 4.69) is 11.7 Å². The number of allylic oxidation sites excluding steroid dienone is 1. The first-order chi connectivity index (χ1) is 5.79. The van der Waals surface area contributed by atoms with E-state index in [-0.39, 0.29) is 0 Å². The van der Waals surface area contributed by atoms with Gasteiger partial charge in [-0.05, 0) is 25.3 Å². The molecule has 12 heavy (non-hydrogen) atoms. The van der Waals surface area contributed by atoms with Crippen molar-refractivity contribution in [3.05, 3.63) is 29.8 Å². The van der Waals surface area contributed by atoms with Crippen LogP contribution < -0.4 is 5.46 Å². The molecule has 0 unspecified atom stereocenters. The highest BCUT2D eigenvalue weighted by Crippen LogP contribution is 2.16. The van der Waals surface area contributed by atoms with Gasteiger partial charge in [-0.25, -0.2) is 0 Å². The van der Waals surface area contributed by atoms with Crippen molar-refractivity contribution in [2.24, 2.45) is 4.99 Å². The van der Waals surface area contributed by atoms with Crippen LogP contribution in [0, 0.1) is 0 Å². The molecule has 0 spiro atoms. The summed E-state index contributed by atoms with van der Waals surface area (Å²) in [7, 11) is 5.74. The first kappa shape index (κ1) is 8.79. The monoisotopic (exact) mass is 155 g/mol. The van der Waals surface area contributed by atoms with Crippen LogP contribution in [0.3, 0.4) is 0 Å². The molecule has 0 N–H and O–H groups in total. The van der Waals surface area contributed by atoms with E-state index in [1.165, 1.54) is 0 Å². The fourth-order valence-corrected chi connectivity index (χ4v) is 1.06. The predicted molar refractivity (Wildman–Crippen MR) is 55.7 cm³/mol. The minimum atomic E-state index is 0.734. The molecule has 0 aromatic heterocycles. The van der Waals surface area contributed by atoms with Gasteiger partial charge in [0.1, 0.15) is 7.85 Å². The fourth-order valence-electron chi connectivity index (χ4n) is 1.06. The van der Waals surface area contributed by atoms with Crippen molar-refractivity contribution >= 4 is 31.8 Å². The Morgan fingerprint density at radius 3 is 2.83 bits per heavy atom. The van der Waals surface area contributed by atoms with Crippen LogP contribution in [-0.2, 0) is 0 Å². The molecule has 0 bridgehead atoms. The summed E-state index contributed by atoms with van der Waals surface area (Å²) in [5.74, 6) is 0. The van der Waals surface area contributed by atoms with Crippen molar-refractivity contribution in [1.82, 2.24) is 0 Å². The molecule has 1 rings (SSSR count). The normalized spacial score (nSPS) is 10.4. The summed E-state index contributed by atoms with van der Waals surface area (Å²) < 4.78 is 0. The summed E-state index contributed by atoms with van der Waals surface area (Å²) in [6.07, 6.45) is 3.86. The highest BCUT2D eigenvalue weighted by molar-refractivity contribution is 6.34. The van der Waals surface area contributed by atoms with E-state index in [0.29, 0.717) is 0 Å². The summed E-state index contributed by atoms with van der Waals surface area (Å²) in [5, 5.41) is 0. The molecule has 2 heteroatoms. The van der Waals surface area contributed by atoms with Crippen LogP contribution in [0.4, 0.5) is 5.69 Å². The number of benzene rings is 1. The van der Waals surface area contributed by atoms with Crippen LogP contribution in [0.1, 0.15) is 12.5 Å². The maximum Gasteiger partial charge on any atom is 0.114 e. The molecule has 58 valence electrons. The molecular formula is C10H10BN. The van der Waals surface area contributed by atoms with Gasteiger partial charge in [-0.3, -0.25) is 4.99 Å². The summed E-state index contributed by atoms with van der Waals surface area (Å²) in [6, 6.07) is 5.61. The first-order valence-electron chi connectivity index (χ1n) is 3.77. The van der Waals surface area contributed by atoms with Crippen LogP contribution in [0.5, 0.6) is 0 Å². The van der Waals surface area contributed by atoms with Crippen LogP contribution in [0.2, 0.25) is 0 Å². The lowest BCUT2D eigenvalue weighted by atomic mass is 9.89. The number of rotatable bonds is 2. The van der Waals surface area contributed by atoms with Gasteiger partial charge < -0.3 is 0 Å². The first-order valence-corrected chi connectivity index (χ1v) is 3.77. The minimum absolute atomic E-state index is 0.734. The topological polar surface area (TPSA) is 12.4 Å². The average molecular weight is 155 g/mol. The Labute approximate surface area is 74.2 Å². The molecule has 0 aliphatic rings. The Balaban J connectivity index is 3.28. The van der Waals surface area contributed by atoms with Gasteiger partial charge in [0.25, 0.3) is 0 Å². The highest BCUT2D eigenvalue weighted by atomic mass is 14.7. The van der Waals surface area contributed by atoms with Gasteiger partial charge in [0.2, 0.25) is 0 Å². The molecule has 0 saturated carbocycles. The van der Waals surface area contributed by atoms with E-state index < -0.39 is 0 Å². The SMILES string of the molecule is [B]c1cccc(N=C)c1/C=C\C. The Hall–Kier alpha value is -1.31. The Morgan fingerprint density at radius 2 is 2.25 bits per heavy atom. The summed E-state index contributed by atoms with van der Waals surface area (Å²) in [5.41, 5.74) is 2.50. The molecule has 0 aliphatic heterocycles. The number of nitrogens with zero attached hydrogens (tertiary/aromatic N) is 1. The standard InChI is InChI=1S/C10H10BN/c1-3-5-8-9(11)6-4-7-10(8)12-2/h3-7H,2H2,1H3/b5-3-. The Kier molecular flexibility index (Phi) is 2.86. The third-order valence-electron chi connectivity index (χ3n) is 1.62. The maximum absolute atomic E-state index is 5.74. The molecule has 1 aromatic carbocycles. The second-order valence-corrected chi connectivity index (χ2v) is 2.44. The van der Waals surface area contributed by atoms with Crippen molar-refractivity contribution in [2.75, 3.05) is 0 Å². The molecule has 1 nitrogen and oxygen atoms in total. The zero-order valence-corrected chi connectivity index (χ0v) is 7.12. The third kappa shape index (κ3) is 1.64. The van der Waals surface area contributed by atoms with Gasteiger partial charge in [-0.2, -0.15) is 0 Å². The van der Waals surface area contributed by atoms with Crippen molar-refractivity contribution in [2.45, 2.75) is 6.92 Å². The molecule has 0 heterocycles. The van der Waals surface area contributed by atoms with Crippen molar-refractivity contribution in [1.29, 1.82) is 0 Å². The van der Waals surface area contributed by atoms with E-state index in [4.69, 9.17) is 7.85 Å². The third-order valence-corrected chi connectivity index (χ3v) is 1.62. The molecule has 0 atom stereocenters. The van der Waals surface area contributed by atoms with Crippen LogP contribution in [0.15, 0.2) is 29.3 Å². The van der Waals surface area contributed by atoms with E-state index in [0.717, 1.165) is 16.7 Å². The molecular weight excluding hydrogens is 145 g/mol. The van der Waals surface area contributed by atoms with Crippen LogP contribution in [0.25, 0.3) is 6.08 Å². The van der Waals surface area contributed by atoms with Crippen molar-refractivity contribution in [3.63, 3.8) is 0 Å². The van der Waals surface area contributed by atoms with Gasteiger partial charge in [0, 0.05) is 0 Å². The summed E-state index contributed by atoms with van der Waals surface area (Å²) >= 11 is 0. The van der Waals surface area contributed by atoms with Crippen molar-refractivity contribution in [3.8, 4) is 0 Å². The zero-order chi connectivity index (χ0) is 8.97. The highest BCUT2D eigenvalue weighted by Gasteiger charge is 1.97. The van der Waals surface area contributed by atoms with E-state index >= 15 is 0 Å². The quantitative estimate of drug-likeness (QED) is 0.456. The lowest BCUT2D eigenvalue weighted by Crippen LogP contribution is -2.05. The number of hydrogen-bond acceptors (Lipinski definition) is 1. The van der Waals surface area contributed by atoms with E-state index in [1.54, 1.807) is 0 Å². The largest absolute Gasteiger partial charge is 0.264 e. The molecule has 1 aromatic rings. The molecule has 2 radical (unpaired) electrons. The molecule has 0 saturated heterocycles. The van der Waals surface area contributed by atoms with Gasteiger partial charge in [-0.1, -0.05) is 29.7 Å². The molecule has 0 aliphatic carbocycles. The lowest BCUT2D eigenvalue weighted by Gasteiger charge is -2.03. The number of aliphatic imine (C=N–C) groups is 1. The van der Waals surface area contributed by atoms with Gasteiger partial charge >= 0.3 is 0 Å². The summed E-state index contributed by atoms with van der Waals surface area (Å²) in [4.78, 5) is 3.87. The second kappa shape index (κ2) is 3.91. The van der Waals surface area contributed by atoms with Crippen LogP contribution in [-0.4, -0.2) is 14.6 Å². The van der Waals surface area contributed by atoms with Crippen LogP contribution >= 0.6 is 0 Å². The molecule has 0 amide bonds. The fraction of sp³-hybridized carbons (Fsp3) is 0.100. The van der Waals surface area contributed by atoms with Gasteiger partial charge in [0.15, 0.2) is 0 Å². The smallest absolute Gasteiger partial charge is 0.114 e. The van der Waals surface area contributed by atoms with Crippen molar-refractivity contribution < 1.29 is 0 Å². The lowest BCUT2D eigenvalue weighted by molar-refractivity contribution is 1.54. The summed E-state index contributed by atoms with van der Waals surface area (Å²) in [6.45, 7) is 5.42. The minimum Gasteiger partial charge on any atom is -0.264 e. The Morgan fingerprint density at radius 1 is 1.50 bits per heavy atom. The Bertz CT molecular complexity index is 316. The zero-order valence-electron chi connectivity index (χ0n) is 7.12. The van der Waals surface area contributed by atoms with Gasteiger partial charge in [-0.15, -0.1) is 0 Å². The number of hydrogen-bond donors (Lipinski definition) is 0. The maximum atomic E-state index is 5.74. The molecule has 0 fully saturated rings. The second-order valence-electron chi connectivity index (χ2n) is 2.44.